The number of esters is 1. The minimum absolute atomic E-state index is 0.000195. The van der Waals surface area contributed by atoms with E-state index in [1.807, 2.05) is 13.8 Å². The summed E-state index contributed by atoms with van der Waals surface area (Å²) >= 11 is 0. The number of halogens is 1. The molecule has 11 heteroatoms. The monoisotopic (exact) mass is 497 g/mol. The van der Waals surface area contributed by atoms with E-state index in [0.717, 1.165) is 19.1 Å². The van der Waals surface area contributed by atoms with E-state index >= 15 is 0 Å². The summed E-state index contributed by atoms with van der Waals surface area (Å²) in [6.45, 7) is 5.61. The van der Waals surface area contributed by atoms with Gasteiger partial charge < -0.3 is 14.9 Å². The van der Waals surface area contributed by atoms with Gasteiger partial charge in [0.2, 0.25) is 10.0 Å². The van der Waals surface area contributed by atoms with E-state index in [1.165, 1.54) is 17.1 Å². The van der Waals surface area contributed by atoms with Crippen molar-refractivity contribution < 1.29 is 32.6 Å². The van der Waals surface area contributed by atoms with Crippen molar-refractivity contribution in [2.75, 3.05) is 13.4 Å². The average Bonchev–Trinajstić information content (AvgIpc) is 2.74. The average molecular weight is 498 g/mol. The van der Waals surface area contributed by atoms with Crippen LogP contribution >= 0.6 is 0 Å². The van der Waals surface area contributed by atoms with Gasteiger partial charge in [0.15, 0.2) is 0 Å². The zero-order valence-electron chi connectivity index (χ0n) is 19.9. The van der Waals surface area contributed by atoms with Crippen LogP contribution in [0.5, 0.6) is 0 Å². The van der Waals surface area contributed by atoms with Crippen molar-refractivity contribution >= 4 is 21.8 Å². The van der Waals surface area contributed by atoms with Gasteiger partial charge in [-0.1, -0.05) is 38.1 Å². The van der Waals surface area contributed by atoms with Crippen LogP contribution in [0, 0.1) is 11.7 Å². The minimum atomic E-state index is -3.65. The second-order valence-electron chi connectivity index (χ2n) is 8.44. The first kappa shape index (κ1) is 27.6. The number of aliphatic hydroxyl groups is 2. The predicted octanol–water partition coefficient (Wildman–Crippen LogP) is 2.56. The first-order valence-electron chi connectivity index (χ1n) is 10.8. The van der Waals surface area contributed by atoms with Crippen LogP contribution in [0.15, 0.2) is 52.7 Å². The largest absolute Gasteiger partial charge is 0.465 e. The summed E-state index contributed by atoms with van der Waals surface area (Å²) in [5.74, 6) is -3.68. The Labute approximate surface area is 199 Å². The lowest BCUT2D eigenvalue weighted by atomic mass is 9.90. The number of amidine groups is 1. The van der Waals surface area contributed by atoms with Crippen molar-refractivity contribution in [3.05, 3.63) is 59.1 Å². The van der Waals surface area contributed by atoms with Crippen molar-refractivity contribution in [3.8, 4) is 0 Å². The maximum Gasteiger partial charge on any atom is 0.366 e. The van der Waals surface area contributed by atoms with Gasteiger partial charge >= 0.3 is 5.97 Å². The number of ether oxygens (including phenoxy) is 1. The Balaban J connectivity index is 2.43. The summed E-state index contributed by atoms with van der Waals surface area (Å²) in [5, 5.41) is 20.9. The molecule has 0 bridgehead atoms. The number of aliphatic imine (C=N–C) groups is 1. The molecule has 0 aliphatic carbocycles. The fourth-order valence-electron chi connectivity index (χ4n) is 3.61. The molecule has 0 saturated heterocycles. The number of allylic oxidation sites excluding steroid dienone is 2. The maximum atomic E-state index is 13.6. The molecule has 1 aromatic rings. The molecule has 0 fully saturated rings. The van der Waals surface area contributed by atoms with Crippen LogP contribution in [-0.4, -0.2) is 54.6 Å². The third-order valence-corrected chi connectivity index (χ3v) is 5.71. The van der Waals surface area contributed by atoms with Crippen LogP contribution < -0.4 is 4.83 Å². The quantitative estimate of drug-likeness (QED) is 0.257. The van der Waals surface area contributed by atoms with Crippen molar-refractivity contribution in [3.63, 3.8) is 0 Å². The number of hydrogen-bond acceptors (Lipinski definition) is 8. The van der Waals surface area contributed by atoms with Gasteiger partial charge in [-0.25, -0.2) is 22.6 Å². The third kappa shape index (κ3) is 7.20. The van der Waals surface area contributed by atoms with Gasteiger partial charge in [0.05, 0.1) is 25.1 Å². The van der Waals surface area contributed by atoms with Gasteiger partial charge in [-0.3, -0.25) is 5.01 Å². The van der Waals surface area contributed by atoms with Crippen LogP contribution in [0.25, 0.3) is 0 Å². The number of nitrogens with zero attached hydrogens (tertiary/aromatic N) is 2. The lowest BCUT2D eigenvalue weighted by Gasteiger charge is -2.38. The zero-order valence-corrected chi connectivity index (χ0v) is 20.8. The number of sulfonamides is 1. The second kappa shape index (κ2) is 11.2. The van der Waals surface area contributed by atoms with Crippen molar-refractivity contribution in [2.24, 2.45) is 10.9 Å². The molecule has 1 unspecified atom stereocenters. The minimum Gasteiger partial charge on any atom is -0.465 e. The smallest absolute Gasteiger partial charge is 0.366 e. The predicted molar refractivity (Wildman–Crippen MR) is 126 cm³/mol. The number of rotatable bonds is 10. The molecule has 0 radical (unpaired) electrons. The summed E-state index contributed by atoms with van der Waals surface area (Å²) < 4.78 is 42.2. The van der Waals surface area contributed by atoms with Crippen molar-refractivity contribution in [2.45, 2.75) is 51.9 Å². The Morgan fingerprint density at radius 1 is 1.32 bits per heavy atom. The molecule has 1 aromatic carbocycles. The molecule has 1 atom stereocenters. The summed E-state index contributed by atoms with van der Waals surface area (Å²) in [6.07, 6.45) is 5.07. The third-order valence-electron chi connectivity index (χ3n) is 5.18. The molecular formula is C23H32FN3O6S. The number of hydrogen-bond donors (Lipinski definition) is 3. The Hall–Kier alpha value is -2.60. The van der Waals surface area contributed by atoms with E-state index < -0.39 is 33.6 Å². The molecule has 2 rings (SSSR count). The molecule has 9 nitrogen and oxygen atoms in total. The SMILES string of the molecule is COC(=O)C(O)(O)CCC/C=C/C1=C(C(C)C)N=C(C)N(NS(C)(=O)=O)C1c1ccc(F)cc1. The number of hydrazine groups is 1. The number of unbranched alkanes of at least 4 members (excludes halogenated alkanes) is 1. The lowest BCUT2D eigenvalue weighted by molar-refractivity contribution is -0.208. The molecule has 3 N–H and O–H groups in total. The topological polar surface area (TPSA) is 129 Å². The van der Waals surface area contributed by atoms with Gasteiger partial charge in [-0.15, -0.1) is 4.83 Å². The number of carbonyl (C=O) groups is 1. The standard InChI is InChI=1S/C23H32FN3O6S/c1-15(2)20-19(9-7-6-8-14-23(29,30)22(28)33-4)21(17-10-12-18(24)13-11-17)27(16(3)25-20)26-34(5,31)32/h7,9-13,15,21,26,29-30H,6,8,14H2,1-5H3/b9-7+. The summed E-state index contributed by atoms with van der Waals surface area (Å²) in [7, 11) is -2.58. The molecule has 1 aliphatic rings. The van der Waals surface area contributed by atoms with Gasteiger partial charge in [0.25, 0.3) is 5.79 Å². The van der Waals surface area contributed by atoms with Crippen molar-refractivity contribution in [1.29, 1.82) is 0 Å². The fourth-order valence-corrected chi connectivity index (χ4v) is 4.21. The van der Waals surface area contributed by atoms with Crippen LogP contribution in [0.3, 0.4) is 0 Å². The maximum absolute atomic E-state index is 13.6. The molecule has 0 amide bonds. The van der Waals surface area contributed by atoms with Gasteiger partial charge in [0.1, 0.15) is 11.7 Å². The van der Waals surface area contributed by atoms with E-state index in [4.69, 9.17) is 0 Å². The Bertz CT molecular complexity index is 1080. The molecule has 1 aliphatic heterocycles. The van der Waals surface area contributed by atoms with Gasteiger partial charge in [-0.05, 0) is 43.4 Å². The molecular weight excluding hydrogens is 465 g/mol. The lowest BCUT2D eigenvalue weighted by Crippen LogP contribution is -2.49. The highest BCUT2D eigenvalue weighted by Gasteiger charge is 2.34. The van der Waals surface area contributed by atoms with E-state index in [9.17, 15) is 27.8 Å². The zero-order chi connectivity index (χ0) is 25.7. The Morgan fingerprint density at radius 3 is 2.47 bits per heavy atom. The molecule has 34 heavy (non-hydrogen) atoms. The molecule has 0 spiro atoms. The van der Waals surface area contributed by atoms with Crippen LogP contribution in [-0.2, 0) is 19.6 Å². The first-order valence-corrected chi connectivity index (χ1v) is 12.7. The Kier molecular flexibility index (Phi) is 9.12. The van der Waals surface area contributed by atoms with Crippen LogP contribution in [0.4, 0.5) is 4.39 Å². The van der Waals surface area contributed by atoms with Crippen LogP contribution in [0.1, 0.15) is 51.6 Å². The molecule has 0 saturated carbocycles. The van der Waals surface area contributed by atoms with Gasteiger partial charge in [-0.2, -0.15) is 0 Å². The van der Waals surface area contributed by atoms with E-state index in [0.29, 0.717) is 23.4 Å². The van der Waals surface area contributed by atoms with E-state index in [2.05, 4.69) is 14.6 Å². The van der Waals surface area contributed by atoms with Gasteiger partial charge in [0, 0.05) is 12.0 Å². The number of benzene rings is 1. The van der Waals surface area contributed by atoms with Crippen molar-refractivity contribution in [1.82, 2.24) is 9.84 Å². The van der Waals surface area contributed by atoms with E-state index in [-0.39, 0.29) is 18.8 Å². The number of nitrogens with one attached hydrogen (secondary N) is 1. The first-order chi connectivity index (χ1) is 15.8. The molecule has 188 valence electrons. The highest BCUT2D eigenvalue weighted by molar-refractivity contribution is 7.88. The molecule has 1 heterocycles. The highest BCUT2D eigenvalue weighted by Crippen LogP contribution is 2.37. The fraction of sp³-hybridized carbons (Fsp3) is 0.478. The summed E-state index contributed by atoms with van der Waals surface area (Å²) in [6, 6.07) is 5.17. The highest BCUT2D eigenvalue weighted by atomic mass is 32.2. The molecule has 0 aromatic heterocycles. The second-order valence-corrected chi connectivity index (χ2v) is 10.2. The normalized spacial score (nSPS) is 17.5. The van der Waals surface area contributed by atoms with Crippen LogP contribution in [0.2, 0.25) is 0 Å². The summed E-state index contributed by atoms with van der Waals surface area (Å²) in [5.41, 5.74) is 2.10. The number of carbonyl (C=O) groups excluding carboxylic acids is 1. The van der Waals surface area contributed by atoms with E-state index in [1.54, 1.807) is 31.2 Å². The Morgan fingerprint density at radius 2 is 1.94 bits per heavy atom. The summed E-state index contributed by atoms with van der Waals surface area (Å²) in [4.78, 5) is 18.5. The number of methoxy groups -OCH3 is 1.